The fourth-order valence-electron chi connectivity index (χ4n) is 0.998. The second-order valence-electron chi connectivity index (χ2n) is 2.29. The number of nitrogens with zero attached hydrogens (tertiary/aromatic N) is 1. The van der Waals surface area contributed by atoms with Gasteiger partial charge in [0.15, 0.2) is 6.29 Å². The predicted octanol–water partition coefficient (Wildman–Crippen LogP) is 1.88. The van der Waals surface area contributed by atoms with Gasteiger partial charge in [0.05, 0.1) is 10.6 Å². The van der Waals surface area contributed by atoms with Gasteiger partial charge in [-0.1, -0.05) is 0 Å². The fraction of sp³-hybridized carbons (Fsp3) is 0. The highest BCUT2D eigenvalue weighted by Gasteiger charge is 2.08. The third-order valence-electron chi connectivity index (χ3n) is 1.55. The van der Waals surface area contributed by atoms with Gasteiger partial charge in [-0.3, -0.25) is 9.79 Å². The number of thiophene rings is 1. The summed E-state index contributed by atoms with van der Waals surface area (Å²) in [5.41, 5.74) is 1.54. The van der Waals surface area contributed by atoms with E-state index >= 15 is 0 Å². The van der Waals surface area contributed by atoms with E-state index in [1.54, 1.807) is 18.6 Å². The third-order valence-corrected chi connectivity index (χ3v) is 2.49. The molecule has 4 heteroatoms. The molecule has 1 aliphatic heterocycles. The number of hydrogen-bond donors (Lipinski definition) is 1. The van der Waals surface area contributed by atoms with Crippen LogP contribution >= 0.6 is 11.3 Å². The van der Waals surface area contributed by atoms with E-state index < -0.39 is 0 Å². The van der Waals surface area contributed by atoms with E-state index in [2.05, 4.69) is 10.3 Å². The quantitative estimate of drug-likeness (QED) is 0.667. The van der Waals surface area contributed by atoms with Crippen molar-refractivity contribution in [3.05, 3.63) is 28.2 Å². The lowest BCUT2D eigenvalue weighted by Gasteiger charge is -1.96. The Morgan fingerprint density at radius 1 is 1.58 bits per heavy atom. The van der Waals surface area contributed by atoms with Crippen LogP contribution in [0.4, 0.5) is 5.69 Å². The van der Waals surface area contributed by atoms with Crippen molar-refractivity contribution in [1.82, 2.24) is 0 Å². The third kappa shape index (κ3) is 1.06. The first-order valence-electron chi connectivity index (χ1n) is 3.43. The molecule has 1 aromatic heterocycles. The second-order valence-corrected chi connectivity index (χ2v) is 3.20. The monoisotopic (exact) mass is 178 g/mol. The smallest absolute Gasteiger partial charge is 0.153 e. The molecular weight excluding hydrogens is 172 g/mol. The first-order valence-corrected chi connectivity index (χ1v) is 4.31. The number of aldehydes is 1. The number of carbonyl (C=O) groups is 1. The molecule has 0 bridgehead atoms. The molecule has 12 heavy (non-hydrogen) atoms. The van der Waals surface area contributed by atoms with Crippen LogP contribution in [0.5, 0.6) is 0 Å². The summed E-state index contributed by atoms with van der Waals surface area (Å²) < 4.78 is 0. The maximum absolute atomic E-state index is 10.5. The Morgan fingerprint density at radius 3 is 3.33 bits per heavy atom. The van der Waals surface area contributed by atoms with E-state index in [9.17, 15) is 4.79 Å². The minimum atomic E-state index is 0.688. The number of hydrogen-bond acceptors (Lipinski definition) is 4. The molecular formula is C8H6N2OS. The molecule has 0 atom stereocenters. The Morgan fingerprint density at radius 2 is 2.50 bits per heavy atom. The van der Waals surface area contributed by atoms with Crippen molar-refractivity contribution in [2.75, 3.05) is 5.32 Å². The molecule has 60 valence electrons. The van der Waals surface area contributed by atoms with Gasteiger partial charge in [0.25, 0.3) is 0 Å². The summed E-state index contributed by atoms with van der Waals surface area (Å²) in [6.45, 7) is 0. The maximum atomic E-state index is 10.5. The topological polar surface area (TPSA) is 41.5 Å². The van der Waals surface area contributed by atoms with Crippen molar-refractivity contribution in [2.24, 2.45) is 4.99 Å². The summed E-state index contributed by atoms with van der Waals surface area (Å²) in [4.78, 5) is 15.5. The van der Waals surface area contributed by atoms with Crippen molar-refractivity contribution >= 4 is 29.5 Å². The molecule has 0 saturated heterocycles. The number of fused-ring (bicyclic) bond motifs is 1. The summed E-state index contributed by atoms with van der Waals surface area (Å²) >= 11 is 1.51. The lowest BCUT2D eigenvalue weighted by Crippen LogP contribution is -1.90. The maximum Gasteiger partial charge on any atom is 0.153 e. The van der Waals surface area contributed by atoms with Crippen molar-refractivity contribution in [2.45, 2.75) is 0 Å². The lowest BCUT2D eigenvalue weighted by molar-refractivity contribution is 0.112. The summed E-state index contributed by atoms with van der Waals surface area (Å²) in [5.74, 6) is 0. The van der Waals surface area contributed by atoms with E-state index in [0.717, 1.165) is 16.9 Å². The van der Waals surface area contributed by atoms with E-state index in [1.165, 1.54) is 11.3 Å². The molecule has 0 aromatic carbocycles. The molecule has 0 aliphatic carbocycles. The molecule has 0 amide bonds. The molecule has 2 heterocycles. The van der Waals surface area contributed by atoms with Crippen LogP contribution in [0.3, 0.4) is 0 Å². The molecule has 0 spiro atoms. The highest BCUT2D eigenvalue weighted by atomic mass is 32.1. The van der Waals surface area contributed by atoms with Gasteiger partial charge in [0.2, 0.25) is 0 Å². The molecule has 0 radical (unpaired) electrons. The predicted molar refractivity (Wildman–Crippen MR) is 50.1 cm³/mol. The van der Waals surface area contributed by atoms with E-state index in [1.807, 2.05) is 5.38 Å². The standard InChI is InChI=1S/C8H6N2OS/c11-4-6-5-12-7-3-9-1-2-10-8(6)7/h1-5,10H. The number of anilines is 1. The van der Waals surface area contributed by atoms with Gasteiger partial charge in [-0.05, 0) is 0 Å². The average molecular weight is 178 g/mol. The first kappa shape index (κ1) is 7.24. The lowest BCUT2D eigenvalue weighted by atomic mass is 10.3. The minimum absolute atomic E-state index is 0.688. The Kier molecular flexibility index (Phi) is 1.75. The molecule has 0 saturated carbocycles. The number of carbonyl (C=O) groups excluding carboxylic acids is 1. The Labute approximate surface area is 73.4 Å². The zero-order valence-corrected chi connectivity index (χ0v) is 6.97. The van der Waals surface area contributed by atoms with Crippen LogP contribution in [0, 0.1) is 0 Å². The molecule has 0 unspecified atom stereocenters. The molecule has 3 nitrogen and oxygen atoms in total. The number of rotatable bonds is 1. The number of aliphatic imine (C=N–C) groups is 1. The van der Waals surface area contributed by atoms with Crippen molar-refractivity contribution in [3.63, 3.8) is 0 Å². The zero-order valence-electron chi connectivity index (χ0n) is 6.15. The zero-order chi connectivity index (χ0) is 8.39. The average Bonchev–Trinajstić information content (AvgIpc) is 2.33. The summed E-state index contributed by atoms with van der Waals surface area (Å²) in [5, 5.41) is 4.81. The summed E-state index contributed by atoms with van der Waals surface area (Å²) in [6, 6.07) is 0. The SMILES string of the molecule is O=Cc1csc2c1NC=CN=C2. The minimum Gasteiger partial charge on any atom is -0.358 e. The summed E-state index contributed by atoms with van der Waals surface area (Å²) in [6.07, 6.45) is 5.95. The van der Waals surface area contributed by atoms with Gasteiger partial charge in [0.1, 0.15) is 0 Å². The van der Waals surface area contributed by atoms with Crippen LogP contribution < -0.4 is 5.32 Å². The van der Waals surface area contributed by atoms with Crippen molar-refractivity contribution < 1.29 is 4.79 Å². The largest absolute Gasteiger partial charge is 0.358 e. The van der Waals surface area contributed by atoms with Gasteiger partial charge < -0.3 is 5.32 Å². The Hall–Kier alpha value is -1.42. The highest BCUT2D eigenvalue weighted by Crippen LogP contribution is 2.26. The van der Waals surface area contributed by atoms with E-state index in [4.69, 9.17) is 0 Å². The fourth-order valence-corrected chi connectivity index (χ4v) is 1.84. The van der Waals surface area contributed by atoms with Gasteiger partial charge in [0, 0.05) is 29.6 Å². The first-order chi connectivity index (χ1) is 5.92. The van der Waals surface area contributed by atoms with Crippen LogP contribution in [0.2, 0.25) is 0 Å². The van der Waals surface area contributed by atoms with Gasteiger partial charge >= 0.3 is 0 Å². The second kappa shape index (κ2) is 2.91. The van der Waals surface area contributed by atoms with Crippen LogP contribution in [0.15, 0.2) is 22.8 Å². The van der Waals surface area contributed by atoms with E-state index in [0.29, 0.717) is 5.56 Å². The van der Waals surface area contributed by atoms with Crippen LogP contribution in [0.1, 0.15) is 15.2 Å². The van der Waals surface area contributed by atoms with Crippen molar-refractivity contribution in [1.29, 1.82) is 0 Å². The number of nitrogens with one attached hydrogen (secondary N) is 1. The van der Waals surface area contributed by atoms with Crippen molar-refractivity contribution in [3.8, 4) is 0 Å². The van der Waals surface area contributed by atoms with Gasteiger partial charge in [-0.25, -0.2) is 0 Å². The molecule has 1 aliphatic rings. The van der Waals surface area contributed by atoms with Crippen LogP contribution in [-0.4, -0.2) is 12.5 Å². The Bertz CT molecular complexity index is 365. The van der Waals surface area contributed by atoms with Crippen LogP contribution in [0.25, 0.3) is 0 Å². The molecule has 1 N–H and O–H groups in total. The highest BCUT2D eigenvalue weighted by molar-refractivity contribution is 7.12. The van der Waals surface area contributed by atoms with Gasteiger partial charge in [-0.2, -0.15) is 0 Å². The van der Waals surface area contributed by atoms with E-state index in [-0.39, 0.29) is 0 Å². The van der Waals surface area contributed by atoms with Gasteiger partial charge in [-0.15, -0.1) is 11.3 Å². The molecule has 0 fully saturated rings. The Balaban J connectivity index is 2.55. The molecule has 1 aromatic rings. The van der Waals surface area contributed by atoms with Crippen LogP contribution in [-0.2, 0) is 0 Å². The summed E-state index contributed by atoms with van der Waals surface area (Å²) in [7, 11) is 0. The normalized spacial score (nSPS) is 13.3. The molecule has 2 rings (SSSR count).